The van der Waals surface area contributed by atoms with E-state index in [-0.39, 0.29) is 13.2 Å². The number of ether oxygens (including phenoxy) is 1. The van der Waals surface area contributed by atoms with Crippen molar-refractivity contribution in [1.29, 1.82) is 0 Å². The van der Waals surface area contributed by atoms with Crippen LogP contribution in [0.15, 0.2) is 23.4 Å². The molecule has 0 heterocycles. The highest BCUT2D eigenvalue weighted by Gasteiger charge is 2.22. The maximum atomic E-state index is 11.5. The molecule has 114 valence electrons. The van der Waals surface area contributed by atoms with E-state index >= 15 is 0 Å². The molecule has 0 bridgehead atoms. The summed E-state index contributed by atoms with van der Waals surface area (Å²) in [4.78, 5) is 28.0. The van der Waals surface area contributed by atoms with Gasteiger partial charge in [-0.3, -0.25) is 4.79 Å². The normalized spacial score (nSPS) is 11.1. The summed E-state index contributed by atoms with van der Waals surface area (Å²) < 4.78 is 4.70. The second-order valence-electron chi connectivity index (χ2n) is 3.73. The molecule has 0 N–H and O–H groups in total. The van der Waals surface area contributed by atoms with Crippen molar-refractivity contribution < 1.29 is 19.2 Å². The Bertz CT molecular complexity index is 560. The van der Waals surface area contributed by atoms with E-state index in [1.54, 1.807) is 25.1 Å². The molecule has 1 aromatic rings. The van der Waals surface area contributed by atoms with Crippen molar-refractivity contribution in [3.05, 3.63) is 33.8 Å². The smallest absolute Gasteiger partial charge is 0.364 e. The Morgan fingerprint density at radius 2 is 2.00 bits per heavy atom. The fourth-order valence-corrected chi connectivity index (χ4v) is 1.86. The summed E-state index contributed by atoms with van der Waals surface area (Å²) >= 11 is 17.1. The molecule has 5 nitrogen and oxygen atoms in total. The Morgan fingerprint density at radius 1 is 1.29 bits per heavy atom. The van der Waals surface area contributed by atoms with Crippen LogP contribution in [0.25, 0.3) is 0 Å². The van der Waals surface area contributed by atoms with Crippen LogP contribution < -0.4 is 0 Å². The van der Waals surface area contributed by atoms with Crippen molar-refractivity contribution in [2.24, 2.45) is 5.16 Å². The molecule has 1 rings (SSSR count). The average Bonchev–Trinajstić information content (AvgIpc) is 2.45. The molecule has 0 amide bonds. The molecular weight excluding hydrogens is 341 g/mol. The Hall–Kier alpha value is -1.30. The number of ketones is 1. The van der Waals surface area contributed by atoms with E-state index in [1.165, 1.54) is 0 Å². The van der Waals surface area contributed by atoms with Crippen LogP contribution >= 0.6 is 34.8 Å². The molecule has 8 heteroatoms. The lowest BCUT2D eigenvalue weighted by Crippen LogP contribution is -2.27. The van der Waals surface area contributed by atoms with Crippen LogP contribution in [0.3, 0.4) is 0 Å². The summed E-state index contributed by atoms with van der Waals surface area (Å²) in [5.74, 6) is -1.97. The topological polar surface area (TPSA) is 65.0 Å². The fraction of sp³-hybridized carbons (Fsp3) is 0.308. The van der Waals surface area contributed by atoms with E-state index in [0.29, 0.717) is 15.6 Å². The van der Waals surface area contributed by atoms with E-state index in [1.807, 2.05) is 0 Å². The number of hydrogen-bond acceptors (Lipinski definition) is 5. The van der Waals surface area contributed by atoms with E-state index in [4.69, 9.17) is 44.4 Å². The number of esters is 1. The predicted octanol–water partition coefficient (Wildman–Crippen LogP) is 3.24. The minimum Gasteiger partial charge on any atom is -0.461 e. The molecule has 1 aromatic carbocycles. The molecule has 0 aliphatic carbocycles. The van der Waals surface area contributed by atoms with Gasteiger partial charge < -0.3 is 9.57 Å². The molecule has 0 spiro atoms. The van der Waals surface area contributed by atoms with E-state index in [9.17, 15) is 9.59 Å². The highest BCUT2D eigenvalue weighted by Crippen LogP contribution is 2.21. The van der Waals surface area contributed by atoms with E-state index in [2.05, 4.69) is 5.16 Å². The minimum absolute atomic E-state index is 0.0333. The molecule has 0 saturated heterocycles. The second-order valence-corrected chi connectivity index (χ2v) is 4.84. The van der Waals surface area contributed by atoms with Crippen molar-refractivity contribution in [3.63, 3.8) is 0 Å². The average molecular weight is 353 g/mol. The van der Waals surface area contributed by atoms with Crippen molar-refractivity contribution in [2.45, 2.75) is 13.5 Å². The quantitative estimate of drug-likeness (QED) is 0.248. The van der Waals surface area contributed by atoms with Crippen LogP contribution in [0, 0.1) is 0 Å². The first kappa shape index (κ1) is 17.8. The first-order chi connectivity index (χ1) is 9.99. The zero-order chi connectivity index (χ0) is 15.8. The van der Waals surface area contributed by atoms with Gasteiger partial charge in [-0.05, 0) is 19.1 Å². The number of hydrogen-bond donors (Lipinski definition) is 0. The van der Waals surface area contributed by atoms with Crippen molar-refractivity contribution in [1.82, 2.24) is 0 Å². The maximum absolute atomic E-state index is 11.5. The monoisotopic (exact) mass is 351 g/mol. The lowest BCUT2D eigenvalue weighted by molar-refractivity contribution is -0.136. The molecule has 0 unspecified atom stereocenters. The lowest BCUT2D eigenvalue weighted by Gasteiger charge is -2.06. The third-order valence-corrected chi connectivity index (χ3v) is 3.07. The van der Waals surface area contributed by atoms with Crippen LogP contribution in [-0.2, 0) is 25.8 Å². The van der Waals surface area contributed by atoms with Crippen molar-refractivity contribution >= 4 is 52.3 Å². The van der Waals surface area contributed by atoms with Crippen molar-refractivity contribution in [3.8, 4) is 0 Å². The van der Waals surface area contributed by atoms with Crippen LogP contribution in [0.2, 0.25) is 10.0 Å². The number of carbonyl (C=O) groups is 2. The van der Waals surface area contributed by atoms with Gasteiger partial charge >= 0.3 is 5.97 Å². The first-order valence-corrected chi connectivity index (χ1v) is 7.18. The number of carbonyl (C=O) groups excluding carboxylic acids is 2. The fourth-order valence-electron chi connectivity index (χ4n) is 1.27. The largest absolute Gasteiger partial charge is 0.461 e. The van der Waals surface area contributed by atoms with Gasteiger partial charge in [0, 0.05) is 15.6 Å². The second kappa shape index (κ2) is 8.87. The van der Waals surface area contributed by atoms with Crippen LogP contribution in [-0.4, -0.2) is 30.0 Å². The number of oxime groups is 1. The summed E-state index contributed by atoms with van der Waals surface area (Å²) in [6, 6.07) is 4.82. The van der Waals surface area contributed by atoms with Crippen LogP contribution in [0.5, 0.6) is 0 Å². The Morgan fingerprint density at radius 3 is 2.57 bits per heavy atom. The molecule has 0 radical (unpaired) electrons. The molecule has 0 aliphatic rings. The summed E-state index contributed by atoms with van der Waals surface area (Å²) in [6.07, 6.45) is 0. The highest BCUT2D eigenvalue weighted by atomic mass is 35.5. The third kappa shape index (κ3) is 5.53. The Balaban J connectivity index is 2.78. The zero-order valence-electron chi connectivity index (χ0n) is 11.1. The molecule has 0 saturated carbocycles. The number of rotatable bonds is 7. The van der Waals surface area contributed by atoms with Crippen molar-refractivity contribution in [2.75, 3.05) is 12.5 Å². The van der Waals surface area contributed by atoms with Gasteiger partial charge in [0.2, 0.25) is 11.5 Å². The molecule has 0 aromatic heterocycles. The minimum atomic E-state index is -0.884. The summed E-state index contributed by atoms with van der Waals surface area (Å²) in [5, 5.41) is 4.36. The van der Waals surface area contributed by atoms with Crippen LogP contribution in [0.4, 0.5) is 0 Å². The molecule has 0 fully saturated rings. The van der Waals surface area contributed by atoms with Gasteiger partial charge in [-0.2, -0.15) is 0 Å². The summed E-state index contributed by atoms with van der Waals surface area (Å²) in [6.45, 7) is 1.68. The maximum Gasteiger partial charge on any atom is 0.364 e. The molecule has 0 atom stereocenters. The summed E-state index contributed by atoms with van der Waals surface area (Å²) in [5.41, 5.74) is 0.114. The van der Waals surface area contributed by atoms with E-state index in [0.717, 1.165) is 0 Å². The van der Waals surface area contributed by atoms with Crippen LogP contribution in [0.1, 0.15) is 12.5 Å². The predicted molar refractivity (Wildman–Crippen MR) is 81.0 cm³/mol. The number of nitrogens with zero attached hydrogens (tertiary/aromatic N) is 1. The zero-order valence-corrected chi connectivity index (χ0v) is 13.3. The van der Waals surface area contributed by atoms with Gasteiger partial charge in [-0.1, -0.05) is 34.4 Å². The number of benzene rings is 1. The van der Waals surface area contributed by atoms with Gasteiger partial charge in [0.1, 0.15) is 6.61 Å². The molecule has 0 aliphatic heterocycles. The Kier molecular flexibility index (Phi) is 7.50. The standard InChI is InChI=1S/C13H12Cl3NO4/c1-2-20-13(19)12(11(18)6-14)17-21-7-8-3-4-9(15)5-10(8)16/h3-5H,2,6-7H2,1H3/b17-12-. The third-order valence-electron chi connectivity index (χ3n) is 2.25. The van der Waals surface area contributed by atoms with E-state index < -0.39 is 23.3 Å². The van der Waals surface area contributed by atoms with Gasteiger partial charge in [-0.15, -0.1) is 11.6 Å². The number of halogens is 3. The first-order valence-electron chi connectivity index (χ1n) is 5.89. The molecule has 21 heavy (non-hydrogen) atoms. The lowest BCUT2D eigenvalue weighted by atomic mass is 10.2. The highest BCUT2D eigenvalue weighted by molar-refractivity contribution is 6.67. The molecular formula is C13H12Cl3NO4. The summed E-state index contributed by atoms with van der Waals surface area (Å²) in [7, 11) is 0. The SMILES string of the molecule is CCOC(=O)/C(=N\OCc1ccc(Cl)cc1Cl)C(=O)CCl. The van der Waals surface area contributed by atoms with Gasteiger partial charge in [-0.25, -0.2) is 4.79 Å². The Labute approximate surface area is 136 Å². The number of Topliss-reactive ketones (excluding diaryl/α,β-unsaturated/α-hetero) is 1. The van der Waals surface area contributed by atoms with Gasteiger partial charge in [0.25, 0.3) is 0 Å². The van der Waals surface area contributed by atoms with Gasteiger partial charge in [0.05, 0.1) is 12.5 Å². The van der Waals surface area contributed by atoms with Gasteiger partial charge in [0.15, 0.2) is 0 Å². The number of alkyl halides is 1.